The Hall–Kier alpha value is -2.15. The van der Waals surface area contributed by atoms with Gasteiger partial charge in [0.05, 0.1) is 22.4 Å². The molecule has 0 radical (unpaired) electrons. The molecule has 0 spiro atoms. The summed E-state index contributed by atoms with van der Waals surface area (Å²) in [6.07, 6.45) is 0. The van der Waals surface area contributed by atoms with Crippen molar-refractivity contribution in [1.82, 2.24) is 25.1 Å². The number of nitrogens with two attached hydrogens (primary N) is 1. The predicted octanol–water partition coefficient (Wildman–Crippen LogP) is 2.10. The molecule has 0 fully saturated rings. The number of nitrogens with one attached hydrogen (secondary N) is 1. The van der Waals surface area contributed by atoms with Crippen LogP contribution in [0.3, 0.4) is 0 Å². The van der Waals surface area contributed by atoms with Crippen LogP contribution in [0.5, 0.6) is 0 Å². The van der Waals surface area contributed by atoms with Crippen molar-refractivity contribution in [2.24, 2.45) is 0 Å². The number of imidazole rings is 1. The van der Waals surface area contributed by atoms with E-state index in [4.69, 9.17) is 5.73 Å². The van der Waals surface area contributed by atoms with Crippen molar-refractivity contribution in [2.45, 2.75) is 24.2 Å². The third kappa shape index (κ3) is 2.37. The van der Waals surface area contributed by atoms with Crippen molar-refractivity contribution < 1.29 is 0 Å². The van der Waals surface area contributed by atoms with Gasteiger partial charge >= 0.3 is 0 Å². The fraction of sp³-hybridized carbons (Fsp3) is 0.167. The molecule has 0 bridgehead atoms. The Morgan fingerprint density at radius 3 is 2.74 bits per heavy atom. The quantitative estimate of drug-likeness (QED) is 0.694. The fourth-order valence-corrected chi connectivity index (χ4v) is 2.36. The van der Waals surface area contributed by atoms with E-state index in [2.05, 4.69) is 25.1 Å². The van der Waals surface area contributed by atoms with Gasteiger partial charge in [0.25, 0.3) is 0 Å². The topological polar surface area (TPSA) is 93.4 Å². The summed E-state index contributed by atoms with van der Waals surface area (Å²) in [5, 5.41) is 9.39. The second-order valence-corrected chi connectivity index (χ2v) is 5.14. The molecule has 1 aromatic carbocycles. The number of nitrogen functional groups attached to an aromatic ring is 1. The molecular formula is C12H12N6S. The Morgan fingerprint density at radius 2 is 1.95 bits per heavy atom. The van der Waals surface area contributed by atoms with Gasteiger partial charge in [-0.05, 0) is 43.8 Å². The summed E-state index contributed by atoms with van der Waals surface area (Å²) >= 11 is 1.35. The summed E-state index contributed by atoms with van der Waals surface area (Å²) in [5.74, 6) is 0. The molecule has 3 rings (SSSR count). The van der Waals surface area contributed by atoms with Crippen LogP contribution in [0.25, 0.3) is 11.0 Å². The molecule has 3 N–H and O–H groups in total. The minimum atomic E-state index is 0.579. The zero-order valence-electron chi connectivity index (χ0n) is 10.5. The summed E-state index contributed by atoms with van der Waals surface area (Å²) in [4.78, 5) is 12.0. The van der Waals surface area contributed by atoms with E-state index >= 15 is 0 Å². The largest absolute Gasteiger partial charge is 0.399 e. The standard InChI is InChI=1S/C12H12N6S/c1-6-7(2)17-18-12(14-6)19-11-15-9-4-3-8(13)5-10(9)16-11/h3-5H,13H2,1-2H3,(H,15,16). The molecule has 0 saturated carbocycles. The Labute approximate surface area is 113 Å². The smallest absolute Gasteiger partial charge is 0.217 e. The van der Waals surface area contributed by atoms with Gasteiger partial charge in [0, 0.05) is 5.69 Å². The van der Waals surface area contributed by atoms with Gasteiger partial charge in [-0.15, -0.1) is 5.10 Å². The predicted molar refractivity (Wildman–Crippen MR) is 73.9 cm³/mol. The van der Waals surface area contributed by atoms with Crippen LogP contribution in [0.15, 0.2) is 28.5 Å². The molecule has 7 heteroatoms. The first-order valence-corrected chi connectivity index (χ1v) is 6.54. The molecule has 3 aromatic rings. The van der Waals surface area contributed by atoms with E-state index in [1.807, 2.05) is 32.0 Å². The van der Waals surface area contributed by atoms with E-state index in [0.29, 0.717) is 10.8 Å². The van der Waals surface area contributed by atoms with Gasteiger partial charge in [0.1, 0.15) is 0 Å². The zero-order chi connectivity index (χ0) is 13.4. The van der Waals surface area contributed by atoms with E-state index in [0.717, 1.165) is 27.6 Å². The first kappa shape index (κ1) is 11.9. The molecule has 2 aromatic heterocycles. The molecule has 0 saturated heterocycles. The van der Waals surface area contributed by atoms with Crippen LogP contribution < -0.4 is 5.73 Å². The van der Waals surface area contributed by atoms with Crippen LogP contribution >= 0.6 is 11.8 Å². The second-order valence-electron chi connectivity index (χ2n) is 4.19. The average molecular weight is 272 g/mol. The highest BCUT2D eigenvalue weighted by molar-refractivity contribution is 7.99. The van der Waals surface area contributed by atoms with Crippen LogP contribution in [-0.2, 0) is 0 Å². The molecule has 6 nitrogen and oxygen atoms in total. The number of fused-ring (bicyclic) bond motifs is 1. The van der Waals surface area contributed by atoms with Crippen molar-refractivity contribution in [3.05, 3.63) is 29.6 Å². The number of nitrogens with zero attached hydrogens (tertiary/aromatic N) is 4. The molecule has 19 heavy (non-hydrogen) atoms. The van der Waals surface area contributed by atoms with Gasteiger partial charge in [-0.25, -0.2) is 9.97 Å². The molecule has 0 aliphatic rings. The van der Waals surface area contributed by atoms with Gasteiger partial charge in [0.15, 0.2) is 5.16 Å². The Kier molecular flexibility index (Phi) is 2.83. The molecule has 0 aliphatic carbocycles. The van der Waals surface area contributed by atoms with E-state index in [-0.39, 0.29) is 0 Å². The van der Waals surface area contributed by atoms with Crippen molar-refractivity contribution in [2.75, 3.05) is 5.73 Å². The molecule has 96 valence electrons. The van der Waals surface area contributed by atoms with Crippen LogP contribution in [0.4, 0.5) is 5.69 Å². The maximum atomic E-state index is 5.73. The van der Waals surface area contributed by atoms with Gasteiger partial charge in [0.2, 0.25) is 5.16 Å². The maximum absolute atomic E-state index is 5.73. The second kappa shape index (κ2) is 4.51. The summed E-state index contributed by atoms with van der Waals surface area (Å²) in [6.45, 7) is 3.79. The highest BCUT2D eigenvalue weighted by Gasteiger charge is 2.08. The minimum absolute atomic E-state index is 0.579. The zero-order valence-corrected chi connectivity index (χ0v) is 11.3. The lowest BCUT2D eigenvalue weighted by atomic mass is 10.3. The SMILES string of the molecule is Cc1nnc(Sc2nc3ccc(N)cc3[nH]2)nc1C. The van der Waals surface area contributed by atoms with Crippen LogP contribution in [0.1, 0.15) is 11.4 Å². The third-order valence-corrected chi connectivity index (χ3v) is 3.49. The number of hydrogen-bond acceptors (Lipinski definition) is 6. The molecule has 0 atom stereocenters. The lowest BCUT2D eigenvalue weighted by Crippen LogP contribution is -1.97. The van der Waals surface area contributed by atoms with Crippen molar-refractivity contribution in [3.63, 3.8) is 0 Å². The van der Waals surface area contributed by atoms with Crippen LogP contribution in [-0.4, -0.2) is 25.1 Å². The van der Waals surface area contributed by atoms with Crippen molar-refractivity contribution in [1.29, 1.82) is 0 Å². The summed E-state index contributed by atoms with van der Waals surface area (Å²) in [5.41, 5.74) is 9.92. The maximum Gasteiger partial charge on any atom is 0.217 e. The van der Waals surface area contributed by atoms with E-state index in [9.17, 15) is 0 Å². The van der Waals surface area contributed by atoms with Crippen molar-refractivity contribution in [3.8, 4) is 0 Å². The number of rotatable bonds is 2. The fourth-order valence-electron chi connectivity index (χ4n) is 1.62. The minimum Gasteiger partial charge on any atom is -0.399 e. The van der Waals surface area contributed by atoms with Crippen LogP contribution in [0.2, 0.25) is 0 Å². The lowest BCUT2D eigenvalue weighted by Gasteiger charge is -1.99. The number of aryl methyl sites for hydroxylation is 2. The summed E-state index contributed by atoms with van der Waals surface area (Å²) in [7, 11) is 0. The van der Waals surface area contributed by atoms with Gasteiger partial charge < -0.3 is 10.7 Å². The number of anilines is 1. The molecule has 2 heterocycles. The average Bonchev–Trinajstić information content (AvgIpc) is 2.75. The van der Waals surface area contributed by atoms with Gasteiger partial charge in [-0.2, -0.15) is 5.10 Å². The van der Waals surface area contributed by atoms with Crippen LogP contribution in [0, 0.1) is 13.8 Å². The number of H-pyrrole nitrogens is 1. The molecule has 0 aliphatic heterocycles. The highest BCUT2D eigenvalue weighted by Crippen LogP contribution is 2.25. The monoisotopic (exact) mass is 272 g/mol. The number of hydrogen-bond donors (Lipinski definition) is 2. The van der Waals surface area contributed by atoms with Gasteiger partial charge in [-0.1, -0.05) is 0 Å². The molecule has 0 unspecified atom stereocenters. The van der Waals surface area contributed by atoms with E-state index in [1.165, 1.54) is 11.8 Å². The molecular weight excluding hydrogens is 260 g/mol. The Bertz CT molecular complexity index is 751. The normalized spacial score (nSPS) is 11.1. The first-order chi connectivity index (χ1) is 9.11. The number of aromatic nitrogens is 5. The lowest BCUT2D eigenvalue weighted by molar-refractivity contribution is 0.787. The number of benzene rings is 1. The Balaban J connectivity index is 1.94. The molecule has 0 amide bonds. The van der Waals surface area contributed by atoms with E-state index < -0.39 is 0 Å². The third-order valence-electron chi connectivity index (χ3n) is 2.74. The summed E-state index contributed by atoms with van der Waals surface area (Å²) < 4.78 is 0. The van der Waals surface area contributed by atoms with Gasteiger partial charge in [-0.3, -0.25) is 0 Å². The Morgan fingerprint density at radius 1 is 1.11 bits per heavy atom. The van der Waals surface area contributed by atoms with Crippen molar-refractivity contribution >= 4 is 28.5 Å². The van der Waals surface area contributed by atoms with E-state index in [1.54, 1.807) is 0 Å². The first-order valence-electron chi connectivity index (χ1n) is 5.73. The summed E-state index contributed by atoms with van der Waals surface area (Å²) in [6, 6.07) is 5.56. The number of aromatic amines is 1. The highest BCUT2D eigenvalue weighted by atomic mass is 32.2.